The molecule has 7 heteroatoms. The second kappa shape index (κ2) is 9.85. The van der Waals surface area contributed by atoms with Gasteiger partial charge in [0.05, 0.1) is 12.5 Å². The molecule has 1 atom stereocenters. The van der Waals surface area contributed by atoms with Gasteiger partial charge in [0.25, 0.3) is 0 Å². The molecule has 0 heterocycles. The van der Waals surface area contributed by atoms with Crippen molar-refractivity contribution >= 4 is 29.3 Å². The van der Waals surface area contributed by atoms with Gasteiger partial charge in [-0.1, -0.05) is 24.3 Å². The van der Waals surface area contributed by atoms with Crippen molar-refractivity contribution in [2.75, 3.05) is 10.6 Å². The molecule has 0 bridgehead atoms. The van der Waals surface area contributed by atoms with E-state index in [0.717, 1.165) is 29.7 Å². The quantitative estimate of drug-likeness (QED) is 0.580. The highest BCUT2D eigenvalue weighted by molar-refractivity contribution is 5.94. The van der Waals surface area contributed by atoms with Crippen molar-refractivity contribution < 1.29 is 19.1 Å². The number of anilines is 2. The van der Waals surface area contributed by atoms with Gasteiger partial charge in [-0.15, -0.1) is 0 Å². The maximum absolute atomic E-state index is 12.5. The van der Waals surface area contributed by atoms with E-state index in [1.807, 2.05) is 31.2 Å². The van der Waals surface area contributed by atoms with Crippen molar-refractivity contribution in [3.05, 3.63) is 59.7 Å². The first-order chi connectivity index (χ1) is 15.1. The van der Waals surface area contributed by atoms with Crippen molar-refractivity contribution in [2.45, 2.75) is 58.6 Å². The minimum atomic E-state index is -0.566. The fourth-order valence-electron chi connectivity index (χ4n) is 3.13. The van der Waals surface area contributed by atoms with Crippen molar-refractivity contribution in [2.24, 2.45) is 5.92 Å². The van der Waals surface area contributed by atoms with Gasteiger partial charge in [-0.3, -0.25) is 14.9 Å². The SMILES string of the molecule is CC(NC(=O)Cc1ccc(NC(=O)OC(C)(C)C)cc1)c1ccc(NC(=O)C2CC2)cc1. The molecule has 0 aromatic heterocycles. The zero-order valence-corrected chi connectivity index (χ0v) is 19.0. The van der Waals surface area contributed by atoms with Crippen LogP contribution in [0.3, 0.4) is 0 Å². The van der Waals surface area contributed by atoms with Crippen LogP contribution in [0.5, 0.6) is 0 Å². The van der Waals surface area contributed by atoms with E-state index in [9.17, 15) is 14.4 Å². The van der Waals surface area contributed by atoms with Gasteiger partial charge in [-0.25, -0.2) is 4.79 Å². The van der Waals surface area contributed by atoms with Crippen LogP contribution in [0.15, 0.2) is 48.5 Å². The first-order valence-electron chi connectivity index (χ1n) is 10.9. The molecule has 0 spiro atoms. The Bertz CT molecular complexity index is 958. The van der Waals surface area contributed by atoms with Gasteiger partial charge < -0.3 is 15.4 Å². The summed E-state index contributed by atoms with van der Waals surface area (Å²) in [4.78, 5) is 36.1. The molecule has 3 N–H and O–H groups in total. The summed E-state index contributed by atoms with van der Waals surface area (Å²) in [5.41, 5.74) is 2.60. The first kappa shape index (κ1) is 23.3. The van der Waals surface area contributed by atoms with Gasteiger partial charge in [0.15, 0.2) is 0 Å². The average molecular weight is 438 g/mol. The third-order valence-corrected chi connectivity index (χ3v) is 4.97. The highest BCUT2D eigenvalue weighted by Crippen LogP contribution is 2.30. The first-order valence-corrected chi connectivity index (χ1v) is 10.9. The normalized spacial score (nSPS) is 14.2. The van der Waals surface area contributed by atoms with E-state index in [1.54, 1.807) is 45.0 Å². The molecule has 1 aliphatic carbocycles. The molecule has 2 aromatic carbocycles. The second-order valence-corrected chi connectivity index (χ2v) is 9.18. The van der Waals surface area contributed by atoms with Crippen LogP contribution in [0.2, 0.25) is 0 Å². The lowest BCUT2D eigenvalue weighted by molar-refractivity contribution is -0.121. The lowest BCUT2D eigenvalue weighted by Crippen LogP contribution is -2.28. The Hall–Kier alpha value is -3.35. The van der Waals surface area contributed by atoms with Crippen LogP contribution in [0.1, 0.15) is 57.7 Å². The molecule has 1 fully saturated rings. The number of hydrogen-bond donors (Lipinski definition) is 3. The van der Waals surface area contributed by atoms with E-state index < -0.39 is 11.7 Å². The van der Waals surface area contributed by atoms with Gasteiger partial charge >= 0.3 is 6.09 Å². The fraction of sp³-hybridized carbons (Fsp3) is 0.400. The summed E-state index contributed by atoms with van der Waals surface area (Å²) < 4.78 is 5.23. The summed E-state index contributed by atoms with van der Waals surface area (Å²) in [5.74, 6) is 0.137. The molecule has 0 aliphatic heterocycles. The number of carbonyl (C=O) groups is 3. The van der Waals surface area contributed by atoms with E-state index in [-0.39, 0.29) is 30.2 Å². The van der Waals surface area contributed by atoms with E-state index in [0.29, 0.717) is 5.69 Å². The van der Waals surface area contributed by atoms with Gasteiger partial charge in [0.2, 0.25) is 11.8 Å². The number of hydrogen-bond acceptors (Lipinski definition) is 4. The van der Waals surface area contributed by atoms with Crippen molar-refractivity contribution in [1.29, 1.82) is 0 Å². The Labute approximate surface area is 188 Å². The Morgan fingerprint density at radius 3 is 2.06 bits per heavy atom. The van der Waals surface area contributed by atoms with Crippen LogP contribution in [0.4, 0.5) is 16.2 Å². The summed E-state index contributed by atoms with van der Waals surface area (Å²) in [6, 6.07) is 14.4. The smallest absolute Gasteiger partial charge is 0.412 e. The van der Waals surface area contributed by atoms with Crippen molar-refractivity contribution in [1.82, 2.24) is 5.32 Å². The summed E-state index contributed by atoms with van der Waals surface area (Å²) in [7, 11) is 0. The van der Waals surface area contributed by atoms with Gasteiger partial charge in [0, 0.05) is 17.3 Å². The molecule has 0 radical (unpaired) electrons. The molecule has 3 amide bonds. The van der Waals surface area contributed by atoms with E-state index >= 15 is 0 Å². The molecule has 7 nitrogen and oxygen atoms in total. The largest absolute Gasteiger partial charge is 0.444 e. The minimum Gasteiger partial charge on any atom is -0.444 e. The highest BCUT2D eigenvalue weighted by atomic mass is 16.6. The molecular formula is C25H31N3O4. The van der Waals surface area contributed by atoms with Crippen LogP contribution in [0, 0.1) is 5.92 Å². The maximum atomic E-state index is 12.5. The summed E-state index contributed by atoms with van der Waals surface area (Å²) in [6.07, 6.45) is 1.65. The molecule has 1 aliphatic rings. The molecule has 1 unspecified atom stereocenters. The predicted molar refractivity (Wildman–Crippen MR) is 124 cm³/mol. The maximum Gasteiger partial charge on any atom is 0.412 e. The number of amides is 3. The van der Waals surface area contributed by atoms with Crippen LogP contribution >= 0.6 is 0 Å². The Morgan fingerprint density at radius 1 is 0.938 bits per heavy atom. The number of carbonyl (C=O) groups excluding carboxylic acids is 3. The third-order valence-electron chi connectivity index (χ3n) is 4.97. The van der Waals surface area contributed by atoms with Gasteiger partial charge in [-0.05, 0) is 75.9 Å². The Kier molecular flexibility index (Phi) is 7.18. The molecule has 2 aromatic rings. The lowest BCUT2D eigenvalue weighted by Gasteiger charge is -2.19. The zero-order valence-electron chi connectivity index (χ0n) is 19.0. The monoisotopic (exact) mass is 437 g/mol. The minimum absolute atomic E-state index is 0.0754. The van der Waals surface area contributed by atoms with E-state index in [2.05, 4.69) is 16.0 Å². The molecule has 32 heavy (non-hydrogen) atoms. The Morgan fingerprint density at radius 2 is 1.50 bits per heavy atom. The van der Waals surface area contributed by atoms with Crippen LogP contribution in [-0.2, 0) is 20.7 Å². The molecule has 170 valence electrons. The molecule has 3 rings (SSSR count). The lowest BCUT2D eigenvalue weighted by atomic mass is 10.1. The van der Waals surface area contributed by atoms with Crippen LogP contribution in [-0.4, -0.2) is 23.5 Å². The van der Waals surface area contributed by atoms with Crippen LogP contribution < -0.4 is 16.0 Å². The summed E-state index contributed by atoms with van der Waals surface area (Å²) in [6.45, 7) is 7.33. The average Bonchev–Trinajstić information content (AvgIpc) is 3.54. The van der Waals surface area contributed by atoms with Crippen LogP contribution in [0.25, 0.3) is 0 Å². The fourth-order valence-corrected chi connectivity index (χ4v) is 3.13. The zero-order chi connectivity index (χ0) is 23.3. The standard InChI is InChI=1S/C25H31N3O4/c1-16(18-9-13-20(14-10-18)27-23(30)19-7-8-19)26-22(29)15-17-5-11-21(12-6-17)28-24(31)32-25(2,3)4/h5-6,9-14,16,19H,7-8,15H2,1-4H3,(H,26,29)(H,27,30)(H,28,31). The molecule has 0 saturated heterocycles. The van der Waals surface area contributed by atoms with Crippen molar-refractivity contribution in [3.8, 4) is 0 Å². The van der Waals surface area contributed by atoms with E-state index in [1.165, 1.54) is 0 Å². The summed E-state index contributed by atoms with van der Waals surface area (Å²) in [5, 5.41) is 8.57. The number of nitrogens with one attached hydrogen (secondary N) is 3. The number of rotatable bonds is 7. The molecule has 1 saturated carbocycles. The second-order valence-electron chi connectivity index (χ2n) is 9.18. The van der Waals surface area contributed by atoms with Gasteiger partial charge in [-0.2, -0.15) is 0 Å². The Balaban J connectivity index is 1.47. The number of benzene rings is 2. The molecular weight excluding hydrogens is 406 g/mol. The third kappa shape index (κ3) is 7.41. The van der Waals surface area contributed by atoms with Crippen molar-refractivity contribution in [3.63, 3.8) is 0 Å². The highest BCUT2D eigenvalue weighted by Gasteiger charge is 2.29. The van der Waals surface area contributed by atoms with E-state index in [4.69, 9.17) is 4.74 Å². The topological polar surface area (TPSA) is 96.5 Å². The van der Waals surface area contributed by atoms with Gasteiger partial charge in [0.1, 0.15) is 5.60 Å². The number of ether oxygens (including phenoxy) is 1. The predicted octanol–water partition coefficient (Wildman–Crippen LogP) is 4.80. The summed E-state index contributed by atoms with van der Waals surface area (Å²) >= 11 is 0.